The van der Waals surface area contributed by atoms with Crippen LogP contribution in [-0.4, -0.2) is 26.1 Å². The van der Waals surface area contributed by atoms with E-state index in [1.54, 1.807) is 25.1 Å². The molecule has 0 spiro atoms. The van der Waals surface area contributed by atoms with Crippen LogP contribution in [0.2, 0.25) is 0 Å². The number of rotatable bonds is 6. The van der Waals surface area contributed by atoms with Gasteiger partial charge in [-0.3, -0.25) is 9.52 Å². The first-order chi connectivity index (χ1) is 8.88. The number of sulfonamides is 1. The molecule has 6 heteroatoms. The van der Waals surface area contributed by atoms with Gasteiger partial charge in [0.15, 0.2) is 0 Å². The standard InChI is InChI=1S/C13H20N2O3S/c1-4-10(3)14-13(16)11-7-6-8-12(9-11)15-19(17,18)5-2/h6-10,15H,4-5H2,1-3H3,(H,14,16)/t10-/m0/s1. The van der Waals surface area contributed by atoms with Crippen LogP contribution in [0.4, 0.5) is 5.69 Å². The first kappa shape index (κ1) is 15.5. The number of nitrogens with one attached hydrogen (secondary N) is 2. The lowest BCUT2D eigenvalue weighted by Crippen LogP contribution is -2.31. The van der Waals surface area contributed by atoms with Gasteiger partial charge in [-0.25, -0.2) is 8.42 Å². The van der Waals surface area contributed by atoms with Crippen molar-refractivity contribution in [2.75, 3.05) is 10.5 Å². The fourth-order valence-electron chi connectivity index (χ4n) is 1.38. The van der Waals surface area contributed by atoms with Crippen LogP contribution in [0.15, 0.2) is 24.3 Å². The maximum Gasteiger partial charge on any atom is 0.251 e. The van der Waals surface area contributed by atoms with Crippen molar-refractivity contribution in [3.63, 3.8) is 0 Å². The fourth-order valence-corrected chi connectivity index (χ4v) is 2.02. The second-order valence-corrected chi connectivity index (χ2v) is 6.38. The summed E-state index contributed by atoms with van der Waals surface area (Å²) in [7, 11) is -3.32. The van der Waals surface area contributed by atoms with Crippen LogP contribution in [0.3, 0.4) is 0 Å². The van der Waals surface area contributed by atoms with Gasteiger partial charge in [0.1, 0.15) is 0 Å². The van der Waals surface area contributed by atoms with Crippen molar-refractivity contribution >= 4 is 21.6 Å². The highest BCUT2D eigenvalue weighted by Gasteiger charge is 2.11. The third-order valence-electron chi connectivity index (χ3n) is 2.77. The van der Waals surface area contributed by atoms with Crippen LogP contribution in [0.5, 0.6) is 0 Å². The molecule has 0 unspecified atom stereocenters. The summed E-state index contributed by atoms with van der Waals surface area (Å²) in [5, 5.41) is 2.83. The molecule has 1 atom stereocenters. The minimum atomic E-state index is -3.32. The summed E-state index contributed by atoms with van der Waals surface area (Å²) in [5.74, 6) is -0.206. The van der Waals surface area contributed by atoms with Gasteiger partial charge in [-0.1, -0.05) is 13.0 Å². The van der Waals surface area contributed by atoms with E-state index in [-0.39, 0.29) is 17.7 Å². The zero-order valence-electron chi connectivity index (χ0n) is 11.4. The van der Waals surface area contributed by atoms with Gasteiger partial charge in [0.2, 0.25) is 10.0 Å². The Morgan fingerprint density at radius 1 is 1.32 bits per heavy atom. The molecule has 0 aliphatic carbocycles. The highest BCUT2D eigenvalue weighted by molar-refractivity contribution is 7.92. The van der Waals surface area contributed by atoms with E-state index in [0.717, 1.165) is 6.42 Å². The number of carbonyl (C=O) groups excluding carboxylic acids is 1. The first-order valence-corrected chi connectivity index (χ1v) is 7.94. The maximum absolute atomic E-state index is 11.9. The third-order valence-corrected chi connectivity index (χ3v) is 4.07. The largest absolute Gasteiger partial charge is 0.350 e. The van der Waals surface area contributed by atoms with Crippen LogP contribution >= 0.6 is 0 Å². The van der Waals surface area contributed by atoms with E-state index in [1.807, 2.05) is 13.8 Å². The van der Waals surface area contributed by atoms with Crippen molar-refractivity contribution < 1.29 is 13.2 Å². The van der Waals surface area contributed by atoms with E-state index in [2.05, 4.69) is 10.0 Å². The predicted molar refractivity (Wildman–Crippen MR) is 76.7 cm³/mol. The summed E-state index contributed by atoms with van der Waals surface area (Å²) in [5.41, 5.74) is 0.843. The molecule has 0 saturated carbocycles. The van der Waals surface area contributed by atoms with Gasteiger partial charge in [-0.05, 0) is 38.5 Å². The Morgan fingerprint density at radius 3 is 2.58 bits per heavy atom. The van der Waals surface area contributed by atoms with Crippen molar-refractivity contribution in [3.05, 3.63) is 29.8 Å². The van der Waals surface area contributed by atoms with E-state index < -0.39 is 10.0 Å². The molecule has 0 aromatic heterocycles. The normalized spacial score (nSPS) is 12.8. The number of carbonyl (C=O) groups is 1. The van der Waals surface area contributed by atoms with Crippen molar-refractivity contribution in [2.24, 2.45) is 0 Å². The Balaban J connectivity index is 2.85. The zero-order chi connectivity index (χ0) is 14.5. The highest BCUT2D eigenvalue weighted by atomic mass is 32.2. The Bertz CT molecular complexity index is 541. The van der Waals surface area contributed by atoms with Gasteiger partial charge in [0.05, 0.1) is 5.75 Å². The summed E-state index contributed by atoms with van der Waals surface area (Å²) in [6.45, 7) is 5.46. The molecule has 0 fully saturated rings. The Hall–Kier alpha value is -1.56. The van der Waals surface area contributed by atoms with Crippen LogP contribution in [0, 0.1) is 0 Å². The van der Waals surface area contributed by atoms with Crippen LogP contribution < -0.4 is 10.0 Å². The molecule has 1 rings (SSSR count). The van der Waals surface area contributed by atoms with Crippen LogP contribution in [0.25, 0.3) is 0 Å². The molecule has 0 heterocycles. The molecule has 1 aromatic carbocycles. The second kappa shape index (κ2) is 6.56. The lowest BCUT2D eigenvalue weighted by atomic mass is 10.1. The molecular formula is C13H20N2O3S. The smallest absolute Gasteiger partial charge is 0.251 e. The summed E-state index contributed by atoms with van der Waals surface area (Å²) >= 11 is 0. The van der Waals surface area contributed by atoms with Gasteiger partial charge < -0.3 is 5.32 Å². The number of hydrogen-bond acceptors (Lipinski definition) is 3. The summed E-state index contributed by atoms with van der Waals surface area (Å²) < 4.78 is 25.3. The molecule has 5 nitrogen and oxygen atoms in total. The Labute approximate surface area is 114 Å². The molecule has 106 valence electrons. The van der Waals surface area contributed by atoms with Gasteiger partial charge >= 0.3 is 0 Å². The quantitative estimate of drug-likeness (QED) is 0.838. The average molecular weight is 284 g/mol. The third kappa shape index (κ3) is 4.90. The summed E-state index contributed by atoms with van der Waals surface area (Å²) in [6.07, 6.45) is 0.841. The number of hydrogen-bond donors (Lipinski definition) is 2. The summed E-state index contributed by atoms with van der Waals surface area (Å²) in [4.78, 5) is 11.9. The predicted octanol–water partition coefficient (Wildman–Crippen LogP) is 1.98. The molecule has 0 bridgehead atoms. The topological polar surface area (TPSA) is 75.3 Å². The van der Waals surface area contributed by atoms with E-state index >= 15 is 0 Å². The first-order valence-electron chi connectivity index (χ1n) is 6.29. The van der Waals surface area contributed by atoms with E-state index in [0.29, 0.717) is 11.3 Å². The minimum absolute atomic E-state index is 0.00368. The number of amides is 1. The van der Waals surface area contributed by atoms with Gasteiger partial charge in [0.25, 0.3) is 5.91 Å². The van der Waals surface area contributed by atoms with E-state index in [1.165, 1.54) is 6.07 Å². The number of benzene rings is 1. The molecule has 2 N–H and O–H groups in total. The molecule has 0 radical (unpaired) electrons. The molecular weight excluding hydrogens is 264 g/mol. The van der Waals surface area contributed by atoms with Crippen LogP contribution in [-0.2, 0) is 10.0 Å². The van der Waals surface area contributed by atoms with Crippen molar-refractivity contribution in [1.29, 1.82) is 0 Å². The molecule has 1 aromatic rings. The highest BCUT2D eigenvalue weighted by Crippen LogP contribution is 2.12. The van der Waals surface area contributed by atoms with Crippen molar-refractivity contribution in [1.82, 2.24) is 5.32 Å². The SMILES string of the molecule is CC[C@H](C)NC(=O)c1cccc(NS(=O)(=O)CC)c1. The van der Waals surface area contributed by atoms with Gasteiger partial charge in [0, 0.05) is 17.3 Å². The zero-order valence-corrected chi connectivity index (χ0v) is 12.3. The lowest BCUT2D eigenvalue weighted by Gasteiger charge is -2.12. The molecule has 0 aliphatic heterocycles. The molecule has 0 saturated heterocycles. The molecule has 19 heavy (non-hydrogen) atoms. The van der Waals surface area contributed by atoms with E-state index in [9.17, 15) is 13.2 Å². The monoisotopic (exact) mass is 284 g/mol. The maximum atomic E-state index is 11.9. The molecule has 1 amide bonds. The minimum Gasteiger partial charge on any atom is -0.350 e. The van der Waals surface area contributed by atoms with Gasteiger partial charge in [-0.15, -0.1) is 0 Å². The van der Waals surface area contributed by atoms with Crippen LogP contribution in [0.1, 0.15) is 37.6 Å². The summed E-state index contributed by atoms with van der Waals surface area (Å²) in [6, 6.07) is 6.54. The van der Waals surface area contributed by atoms with Crippen molar-refractivity contribution in [2.45, 2.75) is 33.2 Å². The average Bonchev–Trinajstić information content (AvgIpc) is 2.38. The lowest BCUT2D eigenvalue weighted by molar-refractivity contribution is 0.0939. The second-order valence-electron chi connectivity index (χ2n) is 4.37. The number of anilines is 1. The van der Waals surface area contributed by atoms with E-state index in [4.69, 9.17) is 0 Å². The Kier molecular flexibility index (Phi) is 5.35. The molecule has 0 aliphatic rings. The van der Waals surface area contributed by atoms with Gasteiger partial charge in [-0.2, -0.15) is 0 Å². The Morgan fingerprint density at radius 2 is 2.00 bits per heavy atom. The van der Waals surface area contributed by atoms with Crippen molar-refractivity contribution in [3.8, 4) is 0 Å². The fraction of sp³-hybridized carbons (Fsp3) is 0.462.